The molecule has 1 spiro atoms. The van der Waals surface area contributed by atoms with Gasteiger partial charge in [0.05, 0.1) is 16.8 Å². The standard InChI is InChI=1S/C22H40BN2O2S/c1-16(26)25-15-18(24-19(2,3)4)22(25)13-9-11-17(22)12-10-14-23-27-20(5,6)21(7,8)28/h15,17,24,28H,9-14H2,1-8H3. The smallest absolute Gasteiger partial charge is 0.293 e. The lowest BCUT2D eigenvalue weighted by atomic mass is 9.73. The summed E-state index contributed by atoms with van der Waals surface area (Å²) in [6.07, 6.45) is 8.56. The number of nitrogens with one attached hydrogen (secondary N) is 1. The summed E-state index contributed by atoms with van der Waals surface area (Å²) in [5.74, 6) is 0.660. The van der Waals surface area contributed by atoms with Crippen LogP contribution in [0.4, 0.5) is 0 Å². The van der Waals surface area contributed by atoms with Gasteiger partial charge in [-0.2, -0.15) is 12.6 Å². The van der Waals surface area contributed by atoms with Crippen LogP contribution in [0.1, 0.15) is 87.5 Å². The summed E-state index contributed by atoms with van der Waals surface area (Å²) in [5, 5.41) is 3.67. The summed E-state index contributed by atoms with van der Waals surface area (Å²) in [6.45, 7) is 16.5. The highest BCUT2D eigenvalue weighted by atomic mass is 32.1. The number of hydrogen-bond donors (Lipinski definition) is 2. The minimum absolute atomic E-state index is 0.00170. The second-order valence-corrected chi connectivity index (χ2v) is 11.7. The Balaban J connectivity index is 1.95. The van der Waals surface area contributed by atoms with E-state index in [0.717, 1.165) is 25.6 Å². The summed E-state index contributed by atoms with van der Waals surface area (Å²) in [5.41, 5.74) is 0.820. The highest BCUT2D eigenvalue weighted by Crippen LogP contribution is 2.52. The fraction of sp³-hybridized carbons (Fsp3) is 0.864. The molecule has 0 aromatic rings. The molecule has 1 aliphatic carbocycles. The zero-order valence-electron chi connectivity index (χ0n) is 19.2. The van der Waals surface area contributed by atoms with E-state index in [1.54, 1.807) is 6.92 Å². The van der Waals surface area contributed by atoms with Crippen molar-refractivity contribution in [3.05, 3.63) is 11.9 Å². The van der Waals surface area contributed by atoms with E-state index in [0.29, 0.717) is 5.92 Å². The van der Waals surface area contributed by atoms with Gasteiger partial charge < -0.3 is 14.9 Å². The van der Waals surface area contributed by atoms with Crippen LogP contribution >= 0.6 is 12.6 Å². The van der Waals surface area contributed by atoms with Gasteiger partial charge in [-0.25, -0.2) is 0 Å². The summed E-state index contributed by atoms with van der Waals surface area (Å²) >= 11 is 4.65. The van der Waals surface area contributed by atoms with Crippen molar-refractivity contribution >= 4 is 26.0 Å². The molecule has 1 heterocycles. The highest BCUT2D eigenvalue weighted by Gasteiger charge is 2.56. The van der Waals surface area contributed by atoms with Crippen LogP contribution in [0, 0.1) is 5.92 Å². The van der Waals surface area contributed by atoms with Crippen molar-refractivity contribution in [2.24, 2.45) is 5.92 Å². The molecule has 0 bridgehead atoms. The molecule has 1 amide bonds. The first-order valence-corrected chi connectivity index (χ1v) is 11.2. The molecule has 1 saturated carbocycles. The van der Waals surface area contributed by atoms with Crippen molar-refractivity contribution in [1.29, 1.82) is 0 Å². The third-order valence-corrected chi connectivity index (χ3v) is 7.05. The van der Waals surface area contributed by atoms with Crippen LogP contribution in [0.3, 0.4) is 0 Å². The Bertz CT molecular complexity index is 607. The topological polar surface area (TPSA) is 41.6 Å². The zero-order chi connectivity index (χ0) is 21.4. The number of rotatable bonds is 8. The maximum atomic E-state index is 12.2. The highest BCUT2D eigenvalue weighted by molar-refractivity contribution is 7.81. The molecule has 159 valence electrons. The third kappa shape index (κ3) is 4.92. The lowest BCUT2D eigenvalue weighted by molar-refractivity contribution is -0.134. The van der Waals surface area contributed by atoms with Crippen molar-refractivity contribution in [3.63, 3.8) is 0 Å². The van der Waals surface area contributed by atoms with Crippen molar-refractivity contribution < 1.29 is 9.45 Å². The minimum Gasteiger partial charge on any atom is -0.434 e. The van der Waals surface area contributed by atoms with Gasteiger partial charge in [-0.1, -0.05) is 19.2 Å². The average molecular weight is 407 g/mol. The molecular weight excluding hydrogens is 367 g/mol. The van der Waals surface area contributed by atoms with E-state index in [9.17, 15) is 4.79 Å². The second-order valence-electron chi connectivity index (χ2n) is 10.6. The second kappa shape index (κ2) is 8.25. The zero-order valence-corrected chi connectivity index (χ0v) is 20.1. The maximum Gasteiger partial charge on any atom is 0.293 e. The van der Waals surface area contributed by atoms with Gasteiger partial charge in [0.1, 0.15) is 0 Å². The van der Waals surface area contributed by atoms with Crippen molar-refractivity contribution in [3.8, 4) is 0 Å². The first-order valence-electron chi connectivity index (χ1n) is 10.7. The Morgan fingerprint density at radius 2 is 1.96 bits per heavy atom. The van der Waals surface area contributed by atoms with Gasteiger partial charge in [0.2, 0.25) is 5.91 Å². The molecule has 2 rings (SSSR count). The Labute approximate surface area is 178 Å². The summed E-state index contributed by atoms with van der Waals surface area (Å²) in [6, 6.07) is 0. The SMILES string of the molecule is CC(=O)N1C=C(NC(C)(C)C)C12CCCC2CCC[B]OC(C)(C)C(C)(C)S. The van der Waals surface area contributed by atoms with Gasteiger partial charge in [0, 0.05) is 23.4 Å². The fourth-order valence-corrected chi connectivity index (χ4v) is 4.36. The lowest BCUT2D eigenvalue weighted by Gasteiger charge is -2.54. The first kappa shape index (κ1) is 23.7. The number of carbonyl (C=O) groups is 1. The number of hydrogen-bond acceptors (Lipinski definition) is 4. The molecule has 0 saturated heterocycles. The molecule has 2 unspecified atom stereocenters. The molecule has 2 aliphatic rings. The Morgan fingerprint density at radius 3 is 2.50 bits per heavy atom. The predicted molar refractivity (Wildman–Crippen MR) is 122 cm³/mol. The summed E-state index contributed by atoms with van der Waals surface area (Å²) in [4.78, 5) is 14.2. The van der Waals surface area contributed by atoms with E-state index >= 15 is 0 Å². The van der Waals surface area contributed by atoms with Crippen LogP contribution in [-0.4, -0.2) is 39.7 Å². The van der Waals surface area contributed by atoms with Gasteiger partial charge in [-0.05, 0) is 73.6 Å². The largest absolute Gasteiger partial charge is 0.434 e. The normalized spacial score (nSPS) is 25.5. The molecule has 1 fully saturated rings. The third-order valence-electron chi connectivity index (χ3n) is 6.52. The molecule has 4 nitrogen and oxygen atoms in total. The van der Waals surface area contributed by atoms with Crippen LogP contribution in [0.25, 0.3) is 0 Å². The lowest BCUT2D eigenvalue weighted by Crippen LogP contribution is -2.64. The Morgan fingerprint density at radius 1 is 1.32 bits per heavy atom. The number of carbonyl (C=O) groups excluding carboxylic acids is 1. The predicted octanol–water partition coefficient (Wildman–Crippen LogP) is 4.94. The Hall–Kier alpha value is -0.615. The molecule has 1 radical (unpaired) electrons. The van der Waals surface area contributed by atoms with Crippen LogP contribution in [0.2, 0.25) is 6.32 Å². The number of thiol groups is 1. The molecule has 1 aliphatic heterocycles. The van der Waals surface area contributed by atoms with Gasteiger partial charge in [0.15, 0.2) is 0 Å². The molecule has 0 aromatic carbocycles. The van der Waals surface area contributed by atoms with Crippen molar-refractivity contribution in [1.82, 2.24) is 10.2 Å². The van der Waals surface area contributed by atoms with E-state index in [2.05, 4.69) is 66.4 Å². The van der Waals surface area contributed by atoms with E-state index < -0.39 is 0 Å². The fourth-order valence-electron chi connectivity index (χ4n) is 4.31. The van der Waals surface area contributed by atoms with E-state index in [1.165, 1.54) is 18.5 Å². The van der Waals surface area contributed by atoms with Crippen LogP contribution < -0.4 is 5.32 Å². The summed E-state index contributed by atoms with van der Waals surface area (Å²) < 4.78 is 5.80. The monoisotopic (exact) mass is 407 g/mol. The van der Waals surface area contributed by atoms with E-state index in [4.69, 9.17) is 4.65 Å². The molecule has 2 atom stereocenters. The van der Waals surface area contributed by atoms with Gasteiger partial charge >= 0.3 is 0 Å². The average Bonchev–Trinajstić information content (AvgIpc) is 2.94. The molecule has 28 heavy (non-hydrogen) atoms. The van der Waals surface area contributed by atoms with Crippen LogP contribution in [-0.2, 0) is 9.45 Å². The van der Waals surface area contributed by atoms with E-state index in [-0.39, 0.29) is 27.3 Å². The van der Waals surface area contributed by atoms with Gasteiger partial charge in [-0.15, -0.1) is 0 Å². The van der Waals surface area contributed by atoms with Crippen molar-refractivity contribution in [2.75, 3.05) is 0 Å². The molecular formula is C22H40BN2O2S. The number of nitrogens with zero attached hydrogens (tertiary/aromatic N) is 1. The van der Waals surface area contributed by atoms with E-state index in [1.807, 2.05) is 18.6 Å². The minimum atomic E-state index is -0.309. The van der Waals surface area contributed by atoms with Crippen molar-refractivity contribution in [2.45, 2.75) is 115 Å². The molecule has 1 N–H and O–H groups in total. The van der Waals surface area contributed by atoms with Crippen LogP contribution in [0.5, 0.6) is 0 Å². The number of amides is 1. The first-order chi connectivity index (χ1) is 12.7. The quantitative estimate of drug-likeness (QED) is 0.340. The van der Waals surface area contributed by atoms with Gasteiger partial charge in [0.25, 0.3) is 7.48 Å². The Kier molecular flexibility index (Phi) is 6.98. The molecule has 6 heteroatoms. The summed E-state index contributed by atoms with van der Waals surface area (Å²) in [7, 11) is 1.95. The maximum absolute atomic E-state index is 12.2. The van der Waals surface area contributed by atoms with Crippen LogP contribution in [0.15, 0.2) is 11.9 Å². The van der Waals surface area contributed by atoms with Gasteiger partial charge in [-0.3, -0.25) is 4.79 Å². The molecule has 0 aromatic heterocycles.